The number of nitrogens with one attached hydrogen (secondary N) is 1. The van der Waals surface area contributed by atoms with Gasteiger partial charge in [0.1, 0.15) is 5.76 Å². The number of rotatable bonds is 4. The highest BCUT2D eigenvalue weighted by Gasteiger charge is 2.09. The van der Waals surface area contributed by atoms with Crippen molar-refractivity contribution in [3.8, 4) is 11.1 Å². The first kappa shape index (κ1) is 13.1. The fourth-order valence-electron chi connectivity index (χ4n) is 1.97. The van der Waals surface area contributed by atoms with Gasteiger partial charge in [-0.15, -0.1) is 0 Å². The SMILES string of the molecule is Cn1cc(-c2cncc(C(=O)NCc3ccco3)c2)cn1. The number of carbonyl (C=O) groups excluding carboxylic acids is 1. The zero-order valence-corrected chi connectivity index (χ0v) is 11.5. The molecule has 1 amide bonds. The monoisotopic (exact) mass is 282 g/mol. The smallest absolute Gasteiger partial charge is 0.253 e. The van der Waals surface area contributed by atoms with Crippen molar-refractivity contribution in [1.29, 1.82) is 0 Å². The molecule has 0 aromatic carbocycles. The van der Waals surface area contributed by atoms with E-state index in [4.69, 9.17) is 4.42 Å². The Kier molecular flexibility index (Phi) is 3.51. The molecule has 3 aromatic heterocycles. The Labute approximate surface area is 121 Å². The topological polar surface area (TPSA) is 73.0 Å². The van der Waals surface area contributed by atoms with Gasteiger partial charge in [-0.2, -0.15) is 5.10 Å². The molecule has 0 saturated heterocycles. The van der Waals surface area contributed by atoms with E-state index in [-0.39, 0.29) is 5.91 Å². The molecule has 0 bridgehead atoms. The first-order valence-electron chi connectivity index (χ1n) is 6.47. The summed E-state index contributed by atoms with van der Waals surface area (Å²) in [4.78, 5) is 16.2. The zero-order chi connectivity index (χ0) is 14.7. The number of aromatic nitrogens is 3. The van der Waals surface area contributed by atoms with Crippen LogP contribution in [0, 0.1) is 0 Å². The lowest BCUT2D eigenvalue weighted by Gasteiger charge is -2.04. The van der Waals surface area contributed by atoms with Gasteiger partial charge in [0.2, 0.25) is 0 Å². The van der Waals surface area contributed by atoms with Gasteiger partial charge in [-0.3, -0.25) is 14.5 Å². The van der Waals surface area contributed by atoms with Crippen LogP contribution in [0.1, 0.15) is 16.1 Å². The standard InChI is InChI=1S/C15H14N4O2/c1-19-10-13(8-18-19)11-5-12(7-16-6-11)15(20)17-9-14-3-2-4-21-14/h2-8,10H,9H2,1H3,(H,17,20). The summed E-state index contributed by atoms with van der Waals surface area (Å²) < 4.78 is 6.88. The highest BCUT2D eigenvalue weighted by atomic mass is 16.3. The minimum absolute atomic E-state index is 0.190. The average Bonchev–Trinajstić information content (AvgIpc) is 3.16. The molecule has 1 N–H and O–H groups in total. The Bertz CT molecular complexity index is 747. The molecule has 6 heteroatoms. The van der Waals surface area contributed by atoms with E-state index in [1.54, 1.807) is 35.5 Å². The predicted molar refractivity (Wildman–Crippen MR) is 76.3 cm³/mol. The Morgan fingerprint density at radius 3 is 2.95 bits per heavy atom. The van der Waals surface area contributed by atoms with Gasteiger partial charge in [-0.25, -0.2) is 0 Å². The second kappa shape index (κ2) is 5.62. The van der Waals surface area contributed by atoms with Gasteiger partial charge < -0.3 is 9.73 Å². The van der Waals surface area contributed by atoms with Gasteiger partial charge in [0.15, 0.2) is 0 Å². The molecule has 0 fully saturated rings. The van der Waals surface area contributed by atoms with Crippen LogP contribution in [0.25, 0.3) is 11.1 Å². The summed E-state index contributed by atoms with van der Waals surface area (Å²) in [5, 5.41) is 6.91. The van der Waals surface area contributed by atoms with Crippen molar-refractivity contribution in [3.63, 3.8) is 0 Å². The fourth-order valence-corrected chi connectivity index (χ4v) is 1.97. The summed E-state index contributed by atoms with van der Waals surface area (Å²) in [6.07, 6.45) is 8.44. The second-order valence-corrected chi connectivity index (χ2v) is 4.63. The third-order valence-corrected chi connectivity index (χ3v) is 3.04. The van der Waals surface area contributed by atoms with Crippen molar-refractivity contribution in [2.45, 2.75) is 6.54 Å². The van der Waals surface area contributed by atoms with Crippen molar-refractivity contribution >= 4 is 5.91 Å². The predicted octanol–water partition coefficient (Wildman–Crippen LogP) is 2.01. The molecule has 0 unspecified atom stereocenters. The summed E-state index contributed by atoms with van der Waals surface area (Å²) in [7, 11) is 1.84. The first-order chi connectivity index (χ1) is 10.2. The molecule has 0 radical (unpaired) electrons. The molecule has 0 aliphatic rings. The molecule has 0 saturated carbocycles. The third-order valence-electron chi connectivity index (χ3n) is 3.04. The van der Waals surface area contributed by atoms with E-state index in [1.165, 1.54) is 6.20 Å². The van der Waals surface area contributed by atoms with E-state index in [2.05, 4.69) is 15.4 Å². The van der Waals surface area contributed by atoms with Crippen LogP contribution >= 0.6 is 0 Å². The van der Waals surface area contributed by atoms with Gasteiger partial charge in [0.05, 0.1) is 24.6 Å². The van der Waals surface area contributed by atoms with Crippen LogP contribution in [0.15, 0.2) is 53.7 Å². The molecular formula is C15H14N4O2. The van der Waals surface area contributed by atoms with E-state index in [0.717, 1.165) is 11.1 Å². The fraction of sp³-hybridized carbons (Fsp3) is 0.133. The first-order valence-corrected chi connectivity index (χ1v) is 6.47. The summed E-state index contributed by atoms with van der Waals surface area (Å²) >= 11 is 0. The summed E-state index contributed by atoms with van der Waals surface area (Å²) in [6.45, 7) is 0.350. The van der Waals surface area contributed by atoms with Crippen LogP contribution in [0.5, 0.6) is 0 Å². The van der Waals surface area contributed by atoms with Gasteiger partial charge in [-0.1, -0.05) is 0 Å². The van der Waals surface area contributed by atoms with Crippen molar-refractivity contribution < 1.29 is 9.21 Å². The Hall–Kier alpha value is -2.89. The van der Waals surface area contributed by atoms with Crippen LogP contribution in [0.2, 0.25) is 0 Å². The minimum atomic E-state index is -0.190. The maximum Gasteiger partial charge on any atom is 0.253 e. The molecule has 6 nitrogen and oxygen atoms in total. The average molecular weight is 282 g/mol. The molecule has 0 aliphatic heterocycles. The van der Waals surface area contributed by atoms with E-state index in [9.17, 15) is 4.79 Å². The van der Waals surface area contributed by atoms with E-state index in [0.29, 0.717) is 17.9 Å². The lowest BCUT2D eigenvalue weighted by atomic mass is 10.1. The maximum atomic E-state index is 12.1. The molecular weight excluding hydrogens is 268 g/mol. The summed E-state index contributed by atoms with van der Waals surface area (Å²) in [6, 6.07) is 5.39. The molecule has 0 spiro atoms. The molecule has 3 rings (SSSR count). The molecule has 3 heterocycles. The number of pyridine rings is 1. The quantitative estimate of drug-likeness (QED) is 0.794. The largest absolute Gasteiger partial charge is 0.467 e. The van der Waals surface area contributed by atoms with E-state index in [1.807, 2.05) is 19.3 Å². The number of amides is 1. The Balaban J connectivity index is 1.74. The van der Waals surface area contributed by atoms with E-state index >= 15 is 0 Å². The minimum Gasteiger partial charge on any atom is -0.467 e. The highest BCUT2D eigenvalue weighted by molar-refractivity contribution is 5.94. The van der Waals surface area contributed by atoms with Crippen LogP contribution in [0.4, 0.5) is 0 Å². The number of furan rings is 1. The normalized spacial score (nSPS) is 10.5. The zero-order valence-electron chi connectivity index (χ0n) is 11.5. The molecule has 3 aromatic rings. The number of aryl methyl sites for hydroxylation is 1. The van der Waals surface area contributed by atoms with Crippen molar-refractivity contribution in [3.05, 3.63) is 60.6 Å². The van der Waals surface area contributed by atoms with Gasteiger partial charge in [-0.05, 0) is 18.2 Å². The Morgan fingerprint density at radius 1 is 1.33 bits per heavy atom. The molecule has 0 atom stereocenters. The van der Waals surface area contributed by atoms with Crippen LogP contribution < -0.4 is 5.32 Å². The number of hydrogen-bond donors (Lipinski definition) is 1. The number of carbonyl (C=O) groups is 1. The lowest BCUT2D eigenvalue weighted by molar-refractivity contribution is 0.0947. The van der Waals surface area contributed by atoms with Crippen LogP contribution in [-0.4, -0.2) is 20.7 Å². The molecule has 0 aliphatic carbocycles. The van der Waals surface area contributed by atoms with Gasteiger partial charge >= 0.3 is 0 Å². The third kappa shape index (κ3) is 3.00. The van der Waals surface area contributed by atoms with Gasteiger partial charge in [0.25, 0.3) is 5.91 Å². The summed E-state index contributed by atoms with van der Waals surface area (Å²) in [5.74, 6) is 0.518. The van der Waals surface area contributed by atoms with Gasteiger partial charge in [0, 0.05) is 36.8 Å². The molecule has 21 heavy (non-hydrogen) atoms. The van der Waals surface area contributed by atoms with Crippen molar-refractivity contribution in [2.24, 2.45) is 7.05 Å². The number of hydrogen-bond acceptors (Lipinski definition) is 4. The lowest BCUT2D eigenvalue weighted by Crippen LogP contribution is -2.22. The van der Waals surface area contributed by atoms with Crippen molar-refractivity contribution in [2.75, 3.05) is 0 Å². The molecule has 106 valence electrons. The highest BCUT2D eigenvalue weighted by Crippen LogP contribution is 2.18. The second-order valence-electron chi connectivity index (χ2n) is 4.63. The summed E-state index contributed by atoms with van der Waals surface area (Å²) in [5.41, 5.74) is 2.28. The van der Waals surface area contributed by atoms with Crippen LogP contribution in [0.3, 0.4) is 0 Å². The van der Waals surface area contributed by atoms with Crippen molar-refractivity contribution in [1.82, 2.24) is 20.1 Å². The van der Waals surface area contributed by atoms with Crippen LogP contribution in [-0.2, 0) is 13.6 Å². The number of nitrogens with zero attached hydrogens (tertiary/aromatic N) is 3. The van der Waals surface area contributed by atoms with E-state index < -0.39 is 0 Å². The Morgan fingerprint density at radius 2 is 2.24 bits per heavy atom. The maximum absolute atomic E-state index is 12.1.